The van der Waals surface area contributed by atoms with Crippen LogP contribution in [0.2, 0.25) is 0 Å². The second kappa shape index (κ2) is 11.6. The van der Waals surface area contributed by atoms with E-state index in [0.29, 0.717) is 31.1 Å². The van der Waals surface area contributed by atoms with Crippen LogP contribution >= 0.6 is 0 Å². The van der Waals surface area contributed by atoms with E-state index < -0.39 is 6.10 Å². The molecule has 2 amide bonds. The molecule has 1 aliphatic rings. The SMILES string of the molecule is CC[C@H](Oc1ccc2c(c1)[C@@H](c1ccc(C)cc1)N(C(=O)CC(C)C)CC2)C(=O)Nc1cccc(C)c1. The van der Waals surface area contributed by atoms with Crippen LogP contribution in [-0.4, -0.2) is 29.4 Å². The number of carbonyl (C=O) groups excluding carboxylic acids is 2. The molecule has 5 heteroatoms. The van der Waals surface area contributed by atoms with E-state index in [2.05, 4.69) is 56.4 Å². The third kappa shape index (κ3) is 6.40. The molecule has 1 aliphatic heterocycles. The zero-order chi connectivity index (χ0) is 26.5. The van der Waals surface area contributed by atoms with E-state index in [0.717, 1.165) is 28.8 Å². The van der Waals surface area contributed by atoms with Crippen LogP contribution in [0.3, 0.4) is 0 Å². The fourth-order valence-electron chi connectivity index (χ4n) is 4.94. The maximum Gasteiger partial charge on any atom is 0.265 e. The van der Waals surface area contributed by atoms with Crippen LogP contribution in [0.5, 0.6) is 5.75 Å². The van der Waals surface area contributed by atoms with Gasteiger partial charge in [0.1, 0.15) is 5.75 Å². The van der Waals surface area contributed by atoms with Crippen LogP contribution in [0.15, 0.2) is 66.7 Å². The van der Waals surface area contributed by atoms with Crippen molar-refractivity contribution in [2.24, 2.45) is 5.92 Å². The first kappa shape index (κ1) is 26.5. The molecule has 4 rings (SSSR count). The Labute approximate surface area is 220 Å². The van der Waals surface area contributed by atoms with Crippen molar-refractivity contribution >= 4 is 17.5 Å². The number of aryl methyl sites for hydroxylation is 2. The number of benzene rings is 3. The van der Waals surface area contributed by atoms with Gasteiger partial charge in [0.05, 0.1) is 6.04 Å². The van der Waals surface area contributed by atoms with Crippen molar-refractivity contribution in [2.75, 3.05) is 11.9 Å². The minimum atomic E-state index is -0.626. The van der Waals surface area contributed by atoms with E-state index in [9.17, 15) is 9.59 Å². The highest BCUT2D eigenvalue weighted by atomic mass is 16.5. The predicted molar refractivity (Wildman–Crippen MR) is 149 cm³/mol. The molecule has 37 heavy (non-hydrogen) atoms. The van der Waals surface area contributed by atoms with Crippen molar-refractivity contribution in [3.05, 3.63) is 94.5 Å². The van der Waals surface area contributed by atoms with E-state index >= 15 is 0 Å². The number of nitrogens with one attached hydrogen (secondary N) is 1. The van der Waals surface area contributed by atoms with Crippen LogP contribution in [-0.2, 0) is 16.0 Å². The van der Waals surface area contributed by atoms with Gasteiger partial charge in [-0.2, -0.15) is 0 Å². The zero-order valence-corrected chi connectivity index (χ0v) is 22.6. The maximum atomic E-state index is 13.3. The Balaban J connectivity index is 1.63. The maximum absolute atomic E-state index is 13.3. The van der Waals surface area contributed by atoms with Gasteiger partial charge in [-0.3, -0.25) is 9.59 Å². The Morgan fingerprint density at radius 2 is 1.76 bits per heavy atom. The van der Waals surface area contributed by atoms with Crippen LogP contribution in [0.25, 0.3) is 0 Å². The molecule has 3 aromatic carbocycles. The van der Waals surface area contributed by atoms with Gasteiger partial charge in [-0.1, -0.05) is 68.8 Å². The van der Waals surface area contributed by atoms with E-state index in [1.165, 1.54) is 11.1 Å². The first-order valence-electron chi connectivity index (χ1n) is 13.3. The average molecular weight is 499 g/mol. The second-order valence-electron chi connectivity index (χ2n) is 10.5. The molecule has 0 spiro atoms. The van der Waals surface area contributed by atoms with Gasteiger partial charge >= 0.3 is 0 Å². The number of hydrogen-bond donors (Lipinski definition) is 1. The van der Waals surface area contributed by atoms with Crippen molar-refractivity contribution < 1.29 is 14.3 Å². The molecule has 0 bridgehead atoms. The van der Waals surface area contributed by atoms with E-state index in [-0.39, 0.29) is 17.9 Å². The number of anilines is 1. The Morgan fingerprint density at radius 3 is 2.43 bits per heavy atom. The molecule has 0 saturated heterocycles. The Bertz CT molecular complexity index is 1250. The summed E-state index contributed by atoms with van der Waals surface area (Å²) in [4.78, 5) is 28.3. The fourth-order valence-corrected chi connectivity index (χ4v) is 4.94. The fraction of sp³-hybridized carbons (Fsp3) is 0.375. The molecule has 2 atom stereocenters. The van der Waals surface area contributed by atoms with Crippen molar-refractivity contribution in [3.63, 3.8) is 0 Å². The average Bonchev–Trinajstić information content (AvgIpc) is 2.86. The number of ether oxygens (including phenoxy) is 1. The minimum absolute atomic E-state index is 0.168. The molecule has 1 heterocycles. The molecule has 3 aromatic rings. The first-order valence-corrected chi connectivity index (χ1v) is 13.3. The van der Waals surface area contributed by atoms with E-state index in [1.54, 1.807) is 0 Å². The van der Waals surface area contributed by atoms with Gasteiger partial charge in [-0.15, -0.1) is 0 Å². The lowest BCUT2D eigenvalue weighted by Crippen LogP contribution is -2.41. The summed E-state index contributed by atoms with van der Waals surface area (Å²) in [5.74, 6) is 0.927. The molecule has 0 saturated carbocycles. The lowest BCUT2D eigenvalue weighted by molar-refractivity contribution is -0.134. The molecule has 194 valence electrons. The minimum Gasteiger partial charge on any atom is -0.481 e. The molecule has 0 aromatic heterocycles. The van der Waals surface area contributed by atoms with E-state index in [4.69, 9.17) is 4.74 Å². The summed E-state index contributed by atoms with van der Waals surface area (Å²) in [7, 11) is 0. The molecule has 0 unspecified atom stereocenters. The highest BCUT2D eigenvalue weighted by Crippen LogP contribution is 2.38. The molecule has 5 nitrogen and oxygen atoms in total. The van der Waals surface area contributed by atoms with Gasteiger partial charge < -0.3 is 15.0 Å². The van der Waals surface area contributed by atoms with Gasteiger partial charge in [0, 0.05) is 18.7 Å². The number of rotatable bonds is 8. The lowest BCUT2D eigenvalue weighted by atomic mass is 9.87. The lowest BCUT2D eigenvalue weighted by Gasteiger charge is -2.38. The van der Waals surface area contributed by atoms with Gasteiger partial charge in [-0.25, -0.2) is 0 Å². The van der Waals surface area contributed by atoms with Crippen LogP contribution in [0, 0.1) is 19.8 Å². The Morgan fingerprint density at radius 1 is 1.00 bits per heavy atom. The number of carbonyl (C=O) groups is 2. The third-order valence-corrected chi connectivity index (χ3v) is 6.87. The van der Waals surface area contributed by atoms with Gasteiger partial charge in [0.2, 0.25) is 5.91 Å². The van der Waals surface area contributed by atoms with Crippen LogP contribution < -0.4 is 10.1 Å². The van der Waals surface area contributed by atoms with Crippen LogP contribution in [0.1, 0.15) is 67.5 Å². The third-order valence-electron chi connectivity index (χ3n) is 6.87. The summed E-state index contributed by atoms with van der Waals surface area (Å²) in [6.45, 7) is 10.9. The van der Waals surface area contributed by atoms with Crippen molar-refractivity contribution in [1.29, 1.82) is 0 Å². The summed E-state index contributed by atoms with van der Waals surface area (Å²) in [6.07, 6.45) is 1.23. The predicted octanol–water partition coefficient (Wildman–Crippen LogP) is 6.62. The summed E-state index contributed by atoms with van der Waals surface area (Å²) in [6, 6.07) is 22.0. The molecular formula is C32H38N2O3. The topological polar surface area (TPSA) is 58.6 Å². The van der Waals surface area contributed by atoms with E-state index in [1.807, 2.05) is 55.1 Å². The Hall–Kier alpha value is -3.60. The van der Waals surface area contributed by atoms with Gasteiger partial charge in [-0.05, 0) is 79.1 Å². The largest absolute Gasteiger partial charge is 0.481 e. The number of fused-ring (bicyclic) bond motifs is 1. The highest BCUT2D eigenvalue weighted by Gasteiger charge is 2.33. The quantitative estimate of drug-likeness (QED) is 0.380. The number of nitrogens with zero attached hydrogens (tertiary/aromatic N) is 1. The van der Waals surface area contributed by atoms with Crippen molar-refractivity contribution in [2.45, 2.75) is 66.0 Å². The van der Waals surface area contributed by atoms with Crippen molar-refractivity contribution in [1.82, 2.24) is 4.90 Å². The molecule has 1 N–H and O–H groups in total. The summed E-state index contributed by atoms with van der Waals surface area (Å²) in [5.41, 5.74) is 6.39. The highest BCUT2D eigenvalue weighted by molar-refractivity contribution is 5.94. The molecule has 0 fully saturated rings. The normalized spacial score (nSPS) is 15.7. The summed E-state index contributed by atoms with van der Waals surface area (Å²) >= 11 is 0. The number of hydrogen-bond acceptors (Lipinski definition) is 3. The standard InChI is InChI=1S/C32H38N2O3/c1-6-29(32(36)33-26-9-7-8-23(5)19-26)37-27-15-14-24-16-17-34(30(35)18-21(2)3)31(28(24)20-27)25-12-10-22(4)11-13-25/h7-15,19-21,29,31H,6,16-18H2,1-5H3,(H,33,36)/t29-,31+/m0/s1. The second-order valence-corrected chi connectivity index (χ2v) is 10.5. The summed E-state index contributed by atoms with van der Waals surface area (Å²) in [5, 5.41) is 2.98. The zero-order valence-electron chi connectivity index (χ0n) is 22.6. The number of amides is 2. The summed E-state index contributed by atoms with van der Waals surface area (Å²) < 4.78 is 6.24. The smallest absolute Gasteiger partial charge is 0.265 e. The molecular weight excluding hydrogens is 460 g/mol. The Kier molecular flexibility index (Phi) is 8.32. The molecule has 0 radical (unpaired) electrons. The van der Waals surface area contributed by atoms with Crippen molar-refractivity contribution in [3.8, 4) is 5.75 Å². The first-order chi connectivity index (χ1) is 17.7. The monoisotopic (exact) mass is 498 g/mol. The van der Waals surface area contributed by atoms with Gasteiger partial charge in [0.25, 0.3) is 5.91 Å². The van der Waals surface area contributed by atoms with Crippen LogP contribution in [0.4, 0.5) is 5.69 Å². The van der Waals surface area contributed by atoms with Gasteiger partial charge in [0.15, 0.2) is 6.10 Å². The molecule has 0 aliphatic carbocycles.